The number of anilines is 1. The molecular formula is C13H20N2. The Morgan fingerprint density at radius 3 is 2.60 bits per heavy atom. The number of benzene rings is 1. The molecule has 0 heterocycles. The van der Waals surface area contributed by atoms with E-state index in [4.69, 9.17) is 0 Å². The first-order valence-electron chi connectivity index (χ1n) is 5.93. The molecule has 0 bridgehead atoms. The van der Waals surface area contributed by atoms with E-state index in [1.54, 1.807) is 0 Å². The van der Waals surface area contributed by atoms with Gasteiger partial charge in [-0.15, -0.1) is 0 Å². The summed E-state index contributed by atoms with van der Waals surface area (Å²) in [6.45, 7) is 5.65. The zero-order valence-corrected chi connectivity index (χ0v) is 9.45. The van der Waals surface area contributed by atoms with Crippen molar-refractivity contribution in [1.29, 1.82) is 0 Å². The molecule has 0 spiro atoms. The molecule has 0 unspecified atom stereocenters. The van der Waals surface area contributed by atoms with Gasteiger partial charge < -0.3 is 5.32 Å². The number of nitrogens with one attached hydrogen (secondary N) is 1. The molecule has 1 saturated carbocycles. The quantitative estimate of drug-likeness (QED) is 0.766. The molecule has 1 fully saturated rings. The van der Waals surface area contributed by atoms with Crippen LogP contribution in [0.2, 0.25) is 0 Å². The van der Waals surface area contributed by atoms with Gasteiger partial charge in [-0.1, -0.05) is 25.1 Å². The first-order valence-corrected chi connectivity index (χ1v) is 5.93. The van der Waals surface area contributed by atoms with Crippen molar-refractivity contribution in [3.63, 3.8) is 0 Å². The molecule has 2 rings (SSSR count). The summed E-state index contributed by atoms with van der Waals surface area (Å²) in [5.74, 6) is 0. The number of nitrogens with zero attached hydrogens (tertiary/aromatic N) is 1. The summed E-state index contributed by atoms with van der Waals surface area (Å²) in [7, 11) is 0. The van der Waals surface area contributed by atoms with Gasteiger partial charge in [0.25, 0.3) is 0 Å². The van der Waals surface area contributed by atoms with Crippen molar-refractivity contribution >= 4 is 5.69 Å². The van der Waals surface area contributed by atoms with Crippen molar-refractivity contribution in [1.82, 2.24) is 4.90 Å². The highest BCUT2D eigenvalue weighted by atomic mass is 15.2. The third kappa shape index (κ3) is 3.24. The van der Waals surface area contributed by atoms with E-state index in [0.29, 0.717) is 0 Å². The van der Waals surface area contributed by atoms with Crippen molar-refractivity contribution in [2.24, 2.45) is 0 Å². The van der Waals surface area contributed by atoms with Gasteiger partial charge >= 0.3 is 0 Å². The zero-order valence-electron chi connectivity index (χ0n) is 9.45. The Morgan fingerprint density at radius 1 is 1.27 bits per heavy atom. The summed E-state index contributed by atoms with van der Waals surface area (Å²) >= 11 is 0. The molecule has 1 aromatic carbocycles. The minimum Gasteiger partial charge on any atom is -0.384 e. The van der Waals surface area contributed by atoms with Gasteiger partial charge in [-0.05, 0) is 31.5 Å². The second-order valence-corrected chi connectivity index (χ2v) is 4.15. The average molecular weight is 204 g/mol. The van der Waals surface area contributed by atoms with Crippen molar-refractivity contribution < 1.29 is 0 Å². The fraction of sp³-hybridized carbons (Fsp3) is 0.538. The highest BCUT2D eigenvalue weighted by molar-refractivity contribution is 5.42. The van der Waals surface area contributed by atoms with Crippen LogP contribution in [0.1, 0.15) is 19.8 Å². The smallest absolute Gasteiger partial charge is 0.0340 e. The van der Waals surface area contributed by atoms with E-state index in [0.717, 1.165) is 19.1 Å². The lowest BCUT2D eigenvalue weighted by Crippen LogP contribution is -2.30. The van der Waals surface area contributed by atoms with Crippen molar-refractivity contribution in [3.8, 4) is 0 Å². The summed E-state index contributed by atoms with van der Waals surface area (Å²) in [4.78, 5) is 2.57. The molecule has 0 amide bonds. The van der Waals surface area contributed by atoms with Gasteiger partial charge in [0, 0.05) is 24.8 Å². The molecule has 0 radical (unpaired) electrons. The van der Waals surface area contributed by atoms with E-state index in [2.05, 4.69) is 41.4 Å². The molecule has 82 valence electrons. The van der Waals surface area contributed by atoms with E-state index in [-0.39, 0.29) is 0 Å². The Hall–Kier alpha value is -1.02. The third-order valence-corrected chi connectivity index (χ3v) is 2.97. The molecule has 1 aromatic rings. The number of hydrogen-bond acceptors (Lipinski definition) is 2. The Balaban J connectivity index is 1.69. The van der Waals surface area contributed by atoms with Gasteiger partial charge in [0.15, 0.2) is 0 Å². The molecule has 2 nitrogen and oxygen atoms in total. The van der Waals surface area contributed by atoms with Gasteiger partial charge in [-0.3, -0.25) is 4.90 Å². The van der Waals surface area contributed by atoms with Crippen LogP contribution in [-0.4, -0.2) is 30.6 Å². The Bertz CT molecular complexity index is 280. The number of para-hydroxylation sites is 1. The van der Waals surface area contributed by atoms with Gasteiger partial charge in [0.2, 0.25) is 0 Å². The average Bonchev–Trinajstić information content (AvgIpc) is 3.10. The van der Waals surface area contributed by atoms with Crippen LogP contribution in [0.15, 0.2) is 30.3 Å². The van der Waals surface area contributed by atoms with Crippen molar-refractivity contribution in [2.45, 2.75) is 25.8 Å². The van der Waals surface area contributed by atoms with Crippen LogP contribution in [0.25, 0.3) is 0 Å². The molecule has 1 aliphatic carbocycles. The SMILES string of the molecule is CCN(CCNc1ccccc1)C1CC1. The number of hydrogen-bond donors (Lipinski definition) is 1. The van der Waals surface area contributed by atoms with E-state index >= 15 is 0 Å². The van der Waals surface area contributed by atoms with Gasteiger partial charge in [0.05, 0.1) is 0 Å². The van der Waals surface area contributed by atoms with Gasteiger partial charge in [-0.25, -0.2) is 0 Å². The predicted molar refractivity (Wildman–Crippen MR) is 65.2 cm³/mol. The number of rotatable bonds is 6. The maximum absolute atomic E-state index is 3.45. The second-order valence-electron chi connectivity index (χ2n) is 4.15. The highest BCUT2D eigenvalue weighted by Crippen LogP contribution is 2.25. The summed E-state index contributed by atoms with van der Waals surface area (Å²) in [5, 5.41) is 3.45. The second kappa shape index (κ2) is 5.17. The Labute approximate surface area is 92.3 Å². The molecular weight excluding hydrogens is 184 g/mol. The van der Waals surface area contributed by atoms with Crippen LogP contribution in [0.5, 0.6) is 0 Å². The summed E-state index contributed by atoms with van der Waals surface area (Å²) in [5.41, 5.74) is 1.23. The lowest BCUT2D eigenvalue weighted by Gasteiger charge is -2.20. The zero-order chi connectivity index (χ0) is 10.5. The van der Waals surface area contributed by atoms with Crippen LogP contribution < -0.4 is 5.32 Å². The van der Waals surface area contributed by atoms with Crippen LogP contribution in [0.4, 0.5) is 5.69 Å². The van der Waals surface area contributed by atoms with Crippen LogP contribution >= 0.6 is 0 Å². The molecule has 2 heteroatoms. The minimum atomic E-state index is 0.882. The van der Waals surface area contributed by atoms with Crippen LogP contribution in [0, 0.1) is 0 Å². The van der Waals surface area contributed by atoms with Crippen LogP contribution in [-0.2, 0) is 0 Å². The third-order valence-electron chi connectivity index (χ3n) is 2.97. The molecule has 0 aromatic heterocycles. The lowest BCUT2D eigenvalue weighted by atomic mass is 10.3. The standard InChI is InChI=1S/C13H20N2/c1-2-15(13-8-9-13)11-10-14-12-6-4-3-5-7-12/h3-7,13-14H,2,8-11H2,1H3. The molecule has 0 atom stereocenters. The van der Waals surface area contributed by atoms with Crippen LogP contribution in [0.3, 0.4) is 0 Å². The molecule has 15 heavy (non-hydrogen) atoms. The Kier molecular flexibility index (Phi) is 3.62. The Morgan fingerprint density at radius 2 is 2.00 bits per heavy atom. The van der Waals surface area contributed by atoms with E-state index < -0.39 is 0 Å². The maximum atomic E-state index is 3.45. The van der Waals surface area contributed by atoms with Crippen molar-refractivity contribution in [2.75, 3.05) is 25.0 Å². The van der Waals surface area contributed by atoms with E-state index in [1.807, 2.05) is 6.07 Å². The topological polar surface area (TPSA) is 15.3 Å². The summed E-state index contributed by atoms with van der Waals surface area (Å²) < 4.78 is 0. The molecule has 1 N–H and O–H groups in total. The first-order chi connectivity index (χ1) is 7.40. The van der Waals surface area contributed by atoms with E-state index in [9.17, 15) is 0 Å². The fourth-order valence-electron chi connectivity index (χ4n) is 1.94. The highest BCUT2D eigenvalue weighted by Gasteiger charge is 2.26. The van der Waals surface area contributed by atoms with Gasteiger partial charge in [-0.2, -0.15) is 0 Å². The molecule has 1 aliphatic rings. The van der Waals surface area contributed by atoms with E-state index in [1.165, 1.54) is 25.1 Å². The first kappa shape index (κ1) is 10.5. The van der Waals surface area contributed by atoms with Crippen molar-refractivity contribution in [3.05, 3.63) is 30.3 Å². The predicted octanol–water partition coefficient (Wildman–Crippen LogP) is 2.58. The number of likely N-dealkylation sites (N-methyl/N-ethyl adjacent to an activating group) is 1. The monoisotopic (exact) mass is 204 g/mol. The fourth-order valence-corrected chi connectivity index (χ4v) is 1.94. The lowest BCUT2D eigenvalue weighted by molar-refractivity contribution is 0.289. The maximum Gasteiger partial charge on any atom is 0.0340 e. The minimum absolute atomic E-state index is 0.882. The summed E-state index contributed by atoms with van der Waals surface area (Å²) in [6, 6.07) is 11.3. The molecule has 0 aliphatic heterocycles. The normalized spacial score (nSPS) is 15.6. The largest absolute Gasteiger partial charge is 0.384 e. The summed E-state index contributed by atoms with van der Waals surface area (Å²) in [6.07, 6.45) is 2.80. The molecule has 0 saturated heterocycles. The van der Waals surface area contributed by atoms with Gasteiger partial charge in [0.1, 0.15) is 0 Å².